The number of amides is 1. The van der Waals surface area contributed by atoms with E-state index in [1.807, 2.05) is 25.1 Å². The molecule has 3 aromatic rings. The Kier molecular flexibility index (Phi) is 6.78. The lowest BCUT2D eigenvalue weighted by molar-refractivity contribution is 0.0694. The van der Waals surface area contributed by atoms with Gasteiger partial charge in [0.1, 0.15) is 11.8 Å². The van der Waals surface area contributed by atoms with Crippen LogP contribution in [0.4, 0.5) is 0 Å². The maximum absolute atomic E-state index is 12.2. The first kappa shape index (κ1) is 23.2. The van der Waals surface area contributed by atoms with E-state index in [-0.39, 0.29) is 12.5 Å². The largest absolute Gasteiger partial charge is 0.389 e. The van der Waals surface area contributed by atoms with Crippen molar-refractivity contribution in [1.29, 1.82) is 5.26 Å². The summed E-state index contributed by atoms with van der Waals surface area (Å²) in [6.07, 6.45) is 1.16. The molecule has 0 aliphatic rings. The minimum absolute atomic E-state index is 0.147. The number of hydrogen-bond acceptors (Lipinski definition) is 5. The fraction of sp³-hybridized carbons (Fsp3) is 0.250. The van der Waals surface area contributed by atoms with E-state index in [0.717, 1.165) is 16.8 Å². The van der Waals surface area contributed by atoms with Crippen molar-refractivity contribution in [3.63, 3.8) is 0 Å². The van der Waals surface area contributed by atoms with Gasteiger partial charge in [0.2, 0.25) is 0 Å². The van der Waals surface area contributed by atoms with Crippen LogP contribution in [0, 0.1) is 18.3 Å². The summed E-state index contributed by atoms with van der Waals surface area (Å²) in [6.45, 7) is 5.25. The second-order valence-electron chi connectivity index (χ2n) is 8.12. The number of aliphatic hydroxyl groups is 1. The zero-order chi connectivity index (χ0) is 23.5. The Morgan fingerprint density at radius 3 is 2.53 bits per heavy atom. The molecule has 0 aliphatic carbocycles. The fourth-order valence-corrected chi connectivity index (χ4v) is 3.44. The van der Waals surface area contributed by atoms with Gasteiger partial charge in [0.25, 0.3) is 5.91 Å². The van der Waals surface area contributed by atoms with Gasteiger partial charge in [0.05, 0.1) is 21.9 Å². The molecule has 0 aliphatic heterocycles. The summed E-state index contributed by atoms with van der Waals surface area (Å²) in [4.78, 5) is 23.9. The molecule has 8 heteroatoms. The first-order valence-electron chi connectivity index (χ1n) is 9.96. The lowest BCUT2D eigenvalue weighted by Gasteiger charge is -2.17. The molecule has 2 N–H and O–H groups in total. The van der Waals surface area contributed by atoms with Crippen molar-refractivity contribution in [2.24, 2.45) is 0 Å². The molecule has 0 unspecified atom stereocenters. The van der Waals surface area contributed by atoms with Crippen molar-refractivity contribution in [1.82, 2.24) is 15.1 Å². The van der Waals surface area contributed by atoms with Gasteiger partial charge in [0.15, 0.2) is 6.29 Å². The SMILES string of the molecule is Cc1c(Cc2ccc(C(=O)NCC(C)(C)O)cc2)c(C=O)nn1-c1ccc(C#N)c(Cl)c1. The van der Waals surface area contributed by atoms with E-state index in [1.165, 1.54) is 0 Å². The molecule has 0 fully saturated rings. The zero-order valence-corrected chi connectivity index (χ0v) is 18.8. The monoisotopic (exact) mass is 450 g/mol. The summed E-state index contributed by atoms with van der Waals surface area (Å²) in [6, 6.07) is 14.0. The molecule has 7 nitrogen and oxygen atoms in total. The number of halogens is 1. The van der Waals surface area contributed by atoms with Crippen LogP contribution in [0.5, 0.6) is 0 Å². The molecule has 2 aromatic carbocycles. The van der Waals surface area contributed by atoms with Crippen molar-refractivity contribution in [2.45, 2.75) is 32.8 Å². The summed E-state index contributed by atoms with van der Waals surface area (Å²) in [5, 5.41) is 26.2. The van der Waals surface area contributed by atoms with Gasteiger partial charge in [-0.2, -0.15) is 10.4 Å². The number of aldehydes is 1. The van der Waals surface area contributed by atoms with Crippen molar-refractivity contribution >= 4 is 23.8 Å². The average Bonchev–Trinajstić information content (AvgIpc) is 3.07. The highest BCUT2D eigenvalue weighted by Gasteiger charge is 2.18. The number of nitriles is 1. The molecule has 1 aromatic heterocycles. The Morgan fingerprint density at radius 1 is 1.28 bits per heavy atom. The quantitative estimate of drug-likeness (QED) is 0.534. The van der Waals surface area contributed by atoms with Crippen LogP contribution in [-0.4, -0.2) is 39.2 Å². The van der Waals surface area contributed by atoms with Crippen molar-refractivity contribution in [3.8, 4) is 11.8 Å². The van der Waals surface area contributed by atoms with Crippen LogP contribution in [0.1, 0.15) is 57.1 Å². The third kappa shape index (κ3) is 5.22. The number of nitrogens with one attached hydrogen (secondary N) is 1. The van der Waals surface area contributed by atoms with E-state index in [4.69, 9.17) is 16.9 Å². The lowest BCUT2D eigenvalue weighted by atomic mass is 10.0. The number of carbonyl (C=O) groups is 2. The third-order valence-electron chi connectivity index (χ3n) is 4.98. The predicted molar refractivity (Wildman–Crippen MR) is 121 cm³/mol. The maximum atomic E-state index is 12.2. The fourth-order valence-electron chi connectivity index (χ4n) is 3.22. The minimum atomic E-state index is -0.988. The molecule has 1 heterocycles. The van der Waals surface area contributed by atoms with Gasteiger partial charge in [-0.25, -0.2) is 4.68 Å². The summed E-state index contributed by atoms with van der Waals surface area (Å²) >= 11 is 6.15. The number of rotatable bonds is 7. The molecule has 164 valence electrons. The third-order valence-corrected chi connectivity index (χ3v) is 5.29. The van der Waals surface area contributed by atoms with Gasteiger partial charge < -0.3 is 10.4 Å². The predicted octanol–water partition coefficient (Wildman–Crippen LogP) is 3.61. The second-order valence-corrected chi connectivity index (χ2v) is 8.53. The van der Waals surface area contributed by atoms with E-state index >= 15 is 0 Å². The lowest BCUT2D eigenvalue weighted by Crippen LogP contribution is -2.38. The number of aromatic nitrogens is 2. The molecule has 1 amide bonds. The number of benzene rings is 2. The average molecular weight is 451 g/mol. The first-order valence-corrected chi connectivity index (χ1v) is 10.3. The van der Waals surface area contributed by atoms with Gasteiger partial charge in [-0.1, -0.05) is 23.7 Å². The van der Waals surface area contributed by atoms with Gasteiger partial charge >= 0.3 is 0 Å². The maximum Gasteiger partial charge on any atom is 0.251 e. The highest BCUT2D eigenvalue weighted by molar-refractivity contribution is 6.31. The highest BCUT2D eigenvalue weighted by Crippen LogP contribution is 2.24. The Morgan fingerprint density at radius 2 is 1.97 bits per heavy atom. The standard InChI is InChI=1S/C24H23ClN4O3/c1-15-20(10-16-4-6-17(7-5-16)23(31)27-14-24(2,3)32)22(13-30)28-29(15)19-9-8-18(12-26)21(25)11-19/h4-9,11,13,32H,10,14H2,1-3H3,(H,27,31). The van der Waals surface area contributed by atoms with Crippen LogP contribution in [0.3, 0.4) is 0 Å². The van der Waals surface area contributed by atoms with Gasteiger partial charge in [-0.3, -0.25) is 9.59 Å². The van der Waals surface area contributed by atoms with E-state index in [9.17, 15) is 14.7 Å². The minimum Gasteiger partial charge on any atom is -0.389 e. The van der Waals surface area contributed by atoms with E-state index in [0.29, 0.717) is 40.2 Å². The normalized spacial score (nSPS) is 11.1. The van der Waals surface area contributed by atoms with E-state index in [2.05, 4.69) is 10.4 Å². The molecule has 0 saturated heterocycles. The zero-order valence-electron chi connectivity index (χ0n) is 18.0. The van der Waals surface area contributed by atoms with Crippen LogP contribution in [0.25, 0.3) is 5.69 Å². The molecule has 32 heavy (non-hydrogen) atoms. The van der Waals surface area contributed by atoms with E-state index in [1.54, 1.807) is 48.9 Å². The Hall–Kier alpha value is -3.47. The van der Waals surface area contributed by atoms with Gasteiger partial charge in [0, 0.05) is 29.8 Å². The molecule has 0 saturated carbocycles. The molecule has 0 spiro atoms. The highest BCUT2D eigenvalue weighted by atomic mass is 35.5. The van der Waals surface area contributed by atoms with E-state index < -0.39 is 5.60 Å². The smallest absolute Gasteiger partial charge is 0.251 e. The summed E-state index contributed by atoms with van der Waals surface area (Å²) < 4.78 is 1.63. The number of hydrogen-bond donors (Lipinski definition) is 2. The summed E-state index contributed by atoms with van der Waals surface area (Å²) in [5.41, 5.74) is 3.27. The molecule has 0 bridgehead atoms. The molecular weight excluding hydrogens is 428 g/mol. The number of nitrogens with zero attached hydrogens (tertiary/aromatic N) is 3. The Balaban J connectivity index is 1.83. The van der Waals surface area contributed by atoms with Crippen LogP contribution in [-0.2, 0) is 6.42 Å². The Bertz CT molecular complexity index is 1200. The second kappa shape index (κ2) is 9.35. The van der Waals surface area contributed by atoms with Crippen LogP contribution in [0.2, 0.25) is 5.02 Å². The van der Waals surface area contributed by atoms with Crippen molar-refractivity contribution in [2.75, 3.05) is 6.54 Å². The molecular formula is C24H23ClN4O3. The van der Waals surface area contributed by atoms with Crippen molar-refractivity contribution in [3.05, 3.63) is 81.1 Å². The molecule has 0 atom stereocenters. The van der Waals surface area contributed by atoms with Crippen LogP contribution in [0.15, 0.2) is 42.5 Å². The number of carbonyl (C=O) groups excluding carboxylic acids is 2. The van der Waals surface area contributed by atoms with Crippen LogP contribution >= 0.6 is 11.6 Å². The molecule has 3 rings (SSSR count). The van der Waals surface area contributed by atoms with Gasteiger partial charge in [-0.15, -0.1) is 0 Å². The van der Waals surface area contributed by atoms with Crippen LogP contribution < -0.4 is 5.32 Å². The van der Waals surface area contributed by atoms with Gasteiger partial charge in [-0.05, 0) is 56.7 Å². The topological polar surface area (TPSA) is 108 Å². The Labute approximate surface area is 191 Å². The summed E-state index contributed by atoms with van der Waals surface area (Å²) in [7, 11) is 0. The molecule has 0 radical (unpaired) electrons. The first-order chi connectivity index (χ1) is 15.1. The van der Waals surface area contributed by atoms with Crippen molar-refractivity contribution < 1.29 is 14.7 Å². The summed E-state index contributed by atoms with van der Waals surface area (Å²) in [5.74, 6) is -0.269.